The third-order valence-electron chi connectivity index (χ3n) is 4.92. The molecule has 0 aromatic rings. The topological polar surface area (TPSA) is 81.2 Å². The summed E-state index contributed by atoms with van der Waals surface area (Å²) in [5.74, 6) is -0.591. The Balaban J connectivity index is 4.46. The minimum absolute atomic E-state index is 0.112. The second-order valence-corrected chi connectivity index (χ2v) is 7.19. The zero-order valence-corrected chi connectivity index (χ0v) is 20.0. The highest BCUT2D eigenvalue weighted by Gasteiger charge is 2.11. The van der Waals surface area contributed by atoms with Crippen molar-refractivity contribution in [2.24, 2.45) is 0 Å². The molecular weight excluding hydrogens is 408 g/mol. The van der Waals surface area contributed by atoms with Gasteiger partial charge in [0.1, 0.15) is 0 Å². The van der Waals surface area contributed by atoms with Crippen LogP contribution in [0.3, 0.4) is 0 Å². The number of allylic oxidation sites excluding steroid dienone is 2. The highest BCUT2D eigenvalue weighted by Crippen LogP contribution is 1.99. The van der Waals surface area contributed by atoms with E-state index in [4.69, 9.17) is 0 Å². The van der Waals surface area contributed by atoms with Gasteiger partial charge in [-0.3, -0.25) is 19.2 Å². The van der Waals surface area contributed by atoms with E-state index >= 15 is 0 Å². The van der Waals surface area contributed by atoms with Gasteiger partial charge in [-0.1, -0.05) is 25.3 Å². The van der Waals surface area contributed by atoms with Crippen LogP contribution >= 0.6 is 0 Å². The first-order chi connectivity index (χ1) is 15.2. The molecule has 0 saturated carbocycles. The first-order valence-corrected chi connectivity index (χ1v) is 10.9. The van der Waals surface area contributed by atoms with Crippen LogP contribution in [-0.4, -0.2) is 96.6 Å². The summed E-state index contributed by atoms with van der Waals surface area (Å²) in [7, 11) is 3.38. The maximum Gasteiger partial charge on any atom is 0.246 e. The van der Waals surface area contributed by atoms with E-state index in [0.29, 0.717) is 52.1 Å². The number of nitrogens with zero attached hydrogens (tertiary/aromatic N) is 4. The lowest BCUT2D eigenvalue weighted by molar-refractivity contribution is -0.127. The summed E-state index contributed by atoms with van der Waals surface area (Å²) in [6, 6.07) is 0. The van der Waals surface area contributed by atoms with Crippen LogP contribution < -0.4 is 0 Å². The van der Waals surface area contributed by atoms with Crippen LogP contribution in [0.25, 0.3) is 0 Å². The third-order valence-corrected chi connectivity index (χ3v) is 4.92. The predicted octanol–water partition coefficient (Wildman–Crippen LogP) is 1.86. The Morgan fingerprint density at radius 3 is 1.50 bits per heavy atom. The van der Waals surface area contributed by atoms with Crippen LogP contribution in [0.4, 0.5) is 0 Å². The summed E-state index contributed by atoms with van der Waals surface area (Å²) < 4.78 is 0. The Labute approximate surface area is 192 Å². The number of hydrogen-bond donors (Lipinski definition) is 0. The van der Waals surface area contributed by atoms with Crippen LogP contribution in [0.5, 0.6) is 0 Å². The van der Waals surface area contributed by atoms with Gasteiger partial charge in [0.15, 0.2) is 0 Å². The van der Waals surface area contributed by atoms with Crippen molar-refractivity contribution >= 4 is 23.6 Å². The lowest BCUT2D eigenvalue weighted by Gasteiger charge is -2.23. The van der Waals surface area contributed by atoms with Crippen LogP contribution in [0.15, 0.2) is 49.6 Å². The molecule has 0 bridgehead atoms. The molecule has 0 aliphatic rings. The normalized spacial score (nSPS) is 10.8. The maximum absolute atomic E-state index is 12.3. The Hall–Kier alpha value is -3.16. The second-order valence-electron chi connectivity index (χ2n) is 7.19. The molecule has 0 fully saturated rings. The van der Waals surface area contributed by atoms with Crippen molar-refractivity contribution in [3.63, 3.8) is 0 Å². The third kappa shape index (κ3) is 11.3. The molecule has 0 aromatic carbocycles. The van der Waals surface area contributed by atoms with Gasteiger partial charge in [0.2, 0.25) is 23.6 Å². The zero-order chi connectivity index (χ0) is 24.5. The number of amides is 4. The number of rotatable bonds is 15. The lowest BCUT2D eigenvalue weighted by atomic mass is 10.3. The summed E-state index contributed by atoms with van der Waals surface area (Å²) in [6.45, 7) is 14.0. The molecule has 0 aliphatic carbocycles. The van der Waals surface area contributed by atoms with Crippen molar-refractivity contribution in [2.75, 3.05) is 53.4 Å². The second kappa shape index (κ2) is 16.5. The maximum atomic E-state index is 12.3. The molecule has 0 rings (SSSR count). The fourth-order valence-electron chi connectivity index (χ4n) is 2.86. The van der Waals surface area contributed by atoms with Crippen LogP contribution in [-0.2, 0) is 19.2 Å². The van der Waals surface area contributed by atoms with E-state index in [1.54, 1.807) is 45.8 Å². The summed E-state index contributed by atoms with van der Waals surface area (Å²) in [4.78, 5) is 54.1. The molecule has 0 N–H and O–H groups in total. The number of hydrogen-bond acceptors (Lipinski definition) is 4. The Kier molecular flexibility index (Phi) is 14.9. The zero-order valence-electron chi connectivity index (χ0n) is 20.0. The standard InChI is InChI=1S/C24H38N4O4/c1-7-21(29)25(5)17-13-18-26(6)23(31)15-11-12-16-24(32)28(10-4)20-14-19-27(9-3)22(30)8-2/h7-8,11-12,15-16H,1-2,9-10,13-14,17-20H2,3-6H3/b15-11-,16-12+. The van der Waals surface area contributed by atoms with Gasteiger partial charge in [-0.25, -0.2) is 0 Å². The van der Waals surface area contributed by atoms with Gasteiger partial charge < -0.3 is 19.6 Å². The summed E-state index contributed by atoms with van der Waals surface area (Å²) in [6.07, 6.45) is 9.80. The van der Waals surface area contributed by atoms with Gasteiger partial charge in [-0.2, -0.15) is 0 Å². The monoisotopic (exact) mass is 446 g/mol. The first-order valence-electron chi connectivity index (χ1n) is 10.9. The molecule has 178 valence electrons. The molecule has 0 radical (unpaired) electrons. The SMILES string of the molecule is C=CC(=O)N(C)CCCN(C)C(=O)/C=C\C=C\C(=O)N(CC)CCCN(CC)C(=O)C=C. The average Bonchev–Trinajstić information content (AvgIpc) is 2.80. The minimum atomic E-state index is -0.182. The summed E-state index contributed by atoms with van der Waals surface area (Å²) >= 11 is 0. The smallest absolute Gasteiger partial charge is 0.246 e. The van der Waals surface area contributed by atoms with Gasteiger partial charge in [-0.05, 0) is 38.8 Å². The van der Waals surface area contributed by atoms with Crippen molar-refractivity contribution in [3.8, 4) is 0 Å². The van der Waals surface area contributed by atoms with Gasteiger partial charge >= 0.3 is 0 Å². The molecule has 8 heteroatoms. The van der Waals surface area contributed by atoms with Crippen molar-refractivity contribution in [3.05, 3.63) is 49.6 Å². The van der Waals surface area contributed by atoms with E-state index in [1.807, 2.05) is 13.8 Å². The van der Waals surface area contributed by atoms with Crippen molar-refractivity contribution < 1.29 is 19.2 Å². The predicted molar refractivity (Wildman–Crippen MR) is 128 cm³/mol. The van der Waals surface area contributed by atoms with Crippen LogP contribution in [0.2, 0.25) is 0 Å². The highest BCUT2D eigenvalue weighted by molar-refractivity contribution is 5.90. The molecule has 32 heavy (non-hydrogen) atoms. The molecular formula is C24H38N4O4. The summed E-state index contributed by atoms with van der Waals surface area (Å²) in [5, 5.41) is 0. The fraction of sp³-hybridized carbons (Fsp3) is 0.500. The Morgan fingerprint density at radius 1 is 0.625 bits per heavy atom. The molecule has 0 aromatic heterocycles. The van der Waals surface area contributed by atoms with Gasteiger partial charge in [0, 0.05) is 65.5 Å². The lowest BCUT2D eigenvalue weighted by Crippen LogP contribution is -2.35. The number of carbonyl (C=O) groups is 4. The first kappa shape index (κ1) is 28.8. The van der Waals surface area contributed by atoms with Crippen molar-refractivity contribution in [1.82, 2.24) is 19.6 Å². The van der Waals surface area contributed by atoms with Crippen molar-refractivity contribution in [2.45, 2.75) is 26.7 Å². The van der Waals surface area contributed by atoms with E-state index in [2.05, 4.69) is 13.2 Å². The van der Waals surface area contributed by atoms with E-state index < -0.39 is 0 Å². The molecule has 8 nitrogen and oxygen atoms in total. The van der Waals surface area contributed by atoms with Gasteiger partial charge in [0.25, 0.3) is 0 Å². The van der Waals surface area contributed by atoms with E-state index in [-0.39, 0.29) is 23.6 Å². The van der Waals surface area contributed by atoms with Gasteiger partial charge in [0.05, 0.1) is 0 Å². The molecule has 0 spiro atoms. The van der Waals surface area contributed by atoms with Crippen LogP contribution in [0.1, 0.15) is 26.7 Å². The number of likely N-dealkylation sites (N-methyl/N-ethyl adjacent to an activating group) is 4. The Bertz CT molecular complexity index is 715. The quantitative estimate of drug-likeness (QED) is 0.284. The molecule has 0 heterocycles. The fourth-order valence-corrected chi connectivity index (χ4v) is 2.86. The molecule has 0 atom stereocenters. The van der Waals surface area contributed by atoms with Crippen LogP contribution in [0, 0.1) is 0 Å². The molecule has 0 unspecified atom stereocenters. The number of carbonyl (C=O) groups excluding carboxylic acids is 4. The van der Waals surface area contributed by atoms with E-state index in [9.17, 15) is 19.2 Å². The average molecular weight is 447 g/mol. The minimum Gasteiger partial charge on any atom is -0.342 e. The molecule has 0 aliphatic heterocycles. The largest absolute Gasteiger partial charge is 0.342 e. The van der Waals surface area contributed by atoms with E-state index in [1.165, 1.54) is 24.3 Å². The highest BCUT2D eigenvalue weighted by atomic mass is 16.2. The van der Waals surface area contributed by atoms with Crippen molar-refractivity contribution in [1.29, 1.82) is 0 Å². The molecule has 0 saturated heterocycles. The van der Waals surface area contributed by atoms with E-state index in [0.717, 1.165) is 0 Å². The van der Waals surface area contributed by atoms with Gasteiger partial charge in [-0.15, -0.1) is 0 Å². The summed E-state index contributed by atoms with van der Waals surface area (Å²) in [5.41, 5.74) is 0. The molecule has 4 amide bonds. The Morgan fingerprint density at radius 2 is 1.03 bits per heavy atom.